The third-order valence-corrected chi connectivity index (χ3v) is 3.97. The van der Waals surface area contributed by atoms with Gasteiger partial charge in [-0.3, -0.25) is 0 Å². The molecule has 20 heavy (non-hydrogen) atoms. The van der Waals surface area contributed by atoms with Gasteiger partial charge in [0.25, 0.3) is 0 Å². The van der Waals surface area contributed by atoms with Gasteiger partial charge in [0.2, 0.25) is 0 Å². The smallest absolute Gasteiger partial charge is 0.0342 e. The standard InChI is InChI=1S/C19H33N/c1-7-16(6)17-8-10-18(11-9-17)20-19(12-14(2)3)13-15(4)5/h8-11,14-16,19-20H,7,12-13H2,1-6H3. The first-order valence-corrected chi connectivity index (χ1v) is 8.28. The maximum Gasteiger partial charge on any atom is 0.0342 e. The quantitative estimate of drug-likeness (QED) is 0.607. The van der Waals surface area contributed by atoms with Gasteiger partial charge >= 0.3 is 0 Å². The first-order chi connectivity index (χ1) is 9.42. The number of hydrogen-bond donors (Lipinski definition) is 1. The lowest BCUT2D eigenvalue weighted by molar-refractivity contribution is 0.442. The topological polar surface area (TPSA) is 12.0 Å². The molecular formula is C19H33N. The summed E-state index contributed by atoms with van der Waals surface area (Å²) in [5.41, 5.74) is 2.71. The predicted molar refractivity (Wildman–Crippen MR) is 91.5 cm³/mol. The molecule has 0 spiro atoms. The normalized spacial score (nSPS) is 13.2. The Kier molecular flexibility index (Phi) is 7.12. The van der Waals surface area contributed by atoms with Crippen molar-refractivity contribution in [3.8, 4) is 0 Å². The molecule has 0 aromatic heterocycles. The molecule has 1 aromatic carbocycles. The lowest BCUT2D eigenvalue weighted by atomic mass is 9.95. The van der Waals surface area contributed by atoms with Gasteiger partial charge in [0, 0.05) is 11.7 Å². The lowest BCUT2D eigenvalue weighted by Crippen LogP contribution is -2.23. The van der Waals surface area contributed by atoms with E-state index in [1.807, 2.05) is 0 Å². The molecule has 1 N–H and O–H groups in total. The fourth-order valence-electron chi connectivity index (χ4n) is 2.73. The van der Waals surface area contributed by atoms with Gasteiger partial charge in [-0.2, -0.15) is 0 Å². The van der Waals surface area contributed by atoms with E-state index in [2.05, 4.69) is 71.1 Å². The molecule has 114 valence electrons. The average Bonchev–Trinajstić information content (AvgIpc) is 2.37. The van der Waals surface area contributed by atoms with Gasteiger partial charge in [-0.15, -0.1) is 0 Å². The summed E-state index contributed by atoms with van der Waals surface area (Å²) in [5.74, 6) is 2.14. The third-order valence-electron chi connectivity index (χ3n) is 3.97. The maximum atomic E-state index is 3.73. The molecule has 1 atom stereocenters. The van der Waals surface area contributed by atoms with Crippen LogP contribution in [0.1, 0.15) is 72.3 Å². The third kappa shape index (κ3) is 5.98. The molecule has 1 aromatic rings. The molecule has 0 saturated heterocycles. The van der Waals surface area contributed by atoms with Crippen molar-refractivity contribution in [2.75, 3.05) is 5.32 Å². The molecule has 1 heteroatoms. The highest BCUT2D eigenvalue weighted by Crippen LogP contribution is 2.23. The van der Waals surface area contributed by atoms with Crippen molar-refractivity contribution in [1.82, 2.24) is 0 Å². The number of hydrogen-bond acceptors (Lipinski definition) is 1. The van der Waals surface area contributed by atoms with Crippen LogP contribution in [0.2, 0.25) is 0 Å². The van der Waals surface area contributed by atoms with Gasteiger partial charge < -0.3 is 5.32 Å². The second-order valence-electron chi connectivity index (χ2n) is 7.03. The summed E-state index contributed by atoms with van der Waals surface area (Å²) < 4.78 is 0. The number of rotatable bonds is 8. The van der Waals surface area contributed by atoms with Crippen LogP contribution < -0.4 is 5.32 Å². The molecule has 0 radical (unpaired) electrons. The van der Waals surface area contributed by atoms with E-state index in [1.54, 1.807) is 0 Å². The van der Waals surface area contributed by atoms with Crippen molar-refractivity contribution in [3.63, 3.8) is 0 Å². The van der Waals surface area contributed by atoms with Gasteiger partial charge in [0.1, 0.15) is 0 Å². The first kappa shape index (κ1) is 17.1. The Hall–Kier alpha value is -0.980. The van der Waals surface area contributed by atoms with Crippen LogP contribution in [0.3, 0.4) is 0 Å². The van der Waals surface area contributed by atoms with E-state index >= 15 is 0 Å². The SMILES string of the molecule is CCC(C)c1ccc(NC(CC(C)C)CC(C)C)cc1. The van der Waals surface area contributed by atoms with E-state index in [4.69, 9.17) is 0 Å². The molecule has 1 nitrogen and oxygen atoms in total. The molecular weight excluding hydrogens is 242 g/mol. The summed E-state index contributed by atoms with van der Waals surface area (Å²) >= 11 is 0. The molecule has 1 unspecified atom stereocenters. The Morgan fingerprint density at radius 2 is 1.35 bits per heavy atom. The highest BCUT2D eigenvalue weighted by atomic mass is 14.9. The Morgan fingerprint density at radius 3 is 1.75 bits per heavy atom. The van der Waals surface area contributed by atoms with E-state index in [-0.39, 0.29) is 0 Å². The van der Waals surface area contributed by atoms with Gasteiger partial charge in [0.05, 0.1) is 0 Å². The molecule has 0 amide bonds. The van der Waals surface area contributed by atoms with Crippen molar-refractivity contribution < 1.29 is 0 Å². The Bertz CT molecular complexity index is 354. The minimum atomic E-state index is 0.587. The summed E-state index contributed by atoms with van der Waals surface area (Å²) in [5, 5.41) is 3.73. The van der Waals surface area contributed by atoms with E-state index in [0.29, 0.717) is 12.0 Å². The Labute approximate surface area is 126 Å². The molecule has 1 rings (SSSR count). The summed E-state index contributed by atoms with van der Waals surface area (Å²) in [6.45, 7) is 13.8. The van der Waals surface area contributed by atoms with Crippen molar-refractivity contribution >= 4 is 5.69 Å². The van der Waals surface area contributed by atoms with Crippen molar-refractivity contribution in [3.05, 3.63) is 29.8 Å². The maximum absolute atomic E-state index is 3.73. The summed E-state index contributed by atoms with van der Waals surface area (Å²) in [7, 11) is 0. The Balaban J connectivity index is 2.67. The number of benzene rings is 1. The minimum Gasteiger partial charge on any atom is -0.382 e. The molecule has 0 aliphatic rings. The fraction of sp³-hybridized carbons (Fsp3) is 0.684. The highest BCUT2D eigenvalue weighted by Gasteiger charge is 2.13. The van der Waals surface area contributed by atoms with Crippen LogP contribution in [0.25, 0.3) is 0 Å². The van der Waals surface area contributed by atoms with E-state index in [9.17, 15) is 0 Å². The molecule has 0 aliphatic carbocycles. The zero-order chi connectivity index (χ0) is 15.1. The van der Waals surface area contributed by atoms with Crippen molar-refractivity contribution in [2.45, 2.75) is 72.8 Å². The molecule has 0 heterocycles. The second kappa shape index (κ2) is 8.34. The summed E-state index contributed by atoms with van der Waals surface area (Å²) in [6.07, 6.45) is 3.69. The van der Waals surface area contributed by atoms with Gasteiger partial charge in [0.15, 0.2) is 0 Å². The van der Waals surface area contributed by atoms with Crippen molar-refractivity contribution in [2.24, 2.45) is 11.8 Å². The molecule has 0 aliphatic heterocycles. The van der Waals surface area contributed by atoms with Gasteiger partial charge in [-0.1, -0.05) is 53.7 Å². The average molecular weight is 275 g/mol. The second-order valence-corrected chi connectivity index (χ2v) is 7.03. The van der Waals surface area contributed by atoms with Crippen LogP contribution in [-0.2, 0) is 0 Å². The van der Waals surface area contributed by atoms with E-state index < -0.39 is 0 Å². The fourth-order valence-corrected chi connectivity index (χ4v) is 2.73. The summed E-state index contributed by atoms with van der Waals surface area (Å²) in [6, 6.07) is 9.63. The highest BCUT2D eigenvalue weighted by molar-refractivity contribution is 5.46. The van der Waals surface area contributed by atoms with Crippen LogP contribution >= 0.6 is 0 Å². The van der Waals surface area contributed by atoms with E-state index in [1.165, 1.54) is 30.5 Å². The molecule has 0 saturated carbocycles. The van der Waals surface area contributed by atoms with Gasteiger partial charge in [-0.05, 0) is 54.7 Å². The number of anilines is 1. The predicted octanol–water partition coefficient (Wildman–Crippen LogP) is 6.07. The van der Waals surface area contributed by atoms with Crippen LogP contribution in [0, 0.1) is 11.8 Å². The summed E-state index contributed by atoms with van der Waals surface area (Å²) in [4.78, 5) is 0. The van der Waals surface area contributed by atoms with Crippen LogP contribution in [0.5, 0.6) is 0 Å². The first-order valence-electron chi connectivity index (χ1n) is 8.28. The van der Waals surface area contributed by atoms with Crippen LogP contribution in [-0.4, -0.2) is 6.04 Å². The van der Waals surface area contributed by atoms with Crippen LogP contribution in [0.4, 0.5) is 5.69 Å². The van der Waals surface area contributed by atoms with Crippen molar-refractivity contribution in [1.29, 1.82) is 0 Å². The molecule has 0 fully saturated rings. The largest absolute Gasteiger partial charge is 0.382 e. The van der Waals surface area contributed by atoms with Crippen LogP contribution in [0.15, 0.2) is 24.3 Å². The number of nitrogens with one attached hydrogen (secondary N) is 1. The lowest BCUT2D eigenvalue weighted by Gasteiger charge is -2.24. The van der Waals surface area contributed by atoms with E-state index in [0.717, 1.165) is 11.8 Å². The zero-order valence-electron chi connectivity index (χ0n) is 14.2. The van der Waals surface area contributed by atoms with Gasteiger partial charge in [-0.25, -0.2) is 0 Å². The zero-order valence-corrected chi connectivity index (χ0v) is 14.2. The minimum absolute atomic E-state index is 0.587. The Morgan fingerprint density at radius 1 is 0.850 bits per heavy atom. The molecule has 0 bridgehead atoms. The monoisotopic (exact) mass is 275 g/mol.